The van der Waals surface area contributed by atoms with Crippen molar-refractivity contribution in [1.82, 2.24) is 15.1 Å². The van der Waals surface area contributed by atoms with Crippen LogP contribution in [0.5, 0.6) is 0 Å². The number of rotatable bonds is 2. The molecule has 1 aliphatic heterocycles. The molecule has 0 saturated carbocycles. The van der Waals surface area contributed by atoms with Gasteiger partial charge in [-0.15, -0.1) is 21.5 Å². The molecule has 0 amide bonds. The number of alkyl halides is 3. The highest BCUT2D eigenvalue weighted by Crippen LogP contribution is 2.37. The third-order valence-corrected chi connectivity index (χ3v) is 6.47. The maximum atomic E-state index is 12.8. The lowest BCUT2D eigenvalue weighted by molar-refractivity contribution is -0.141. The van der Waals surface area contributed by atoms with Crippen LogP contribution in [-0.4, -0.2) is 28.7 Å². The number of likely N-dealkylation sites (N-methyl/N-ethyl adjacent to an activating group) is 1. The van der Waals surface area contributed by atoms with E-state index < -0.39 is 11.9 Å². The fourth-order valence-electron chi connectivity index (χ4n) is 4.12. The van der Waals surface area contributed by atoms with Crippen molar-refractivity contribution in [1.29, 1.82) is 0 Å². The minimum atomic E-state index is -4.49. The Labute approximate surface area is 175 Å². The molecule has 30 heavy (non-hydrogen) atoms. The Bertz CT molecular complexity index is 1210. The lowest BCUT2D eigenvalue weighted by atomic mass is 9.83. The molecule has 7 heteroatoms. The van der Waals surface area contributed by atoms with Crippen molar-refractivity contribution in [2.24, 2.45) is 0 Å². The van der Waals surface area contributed by atoms with Gasteiger partial charge < -0.3 is 4.90 Å². The fourth-order valence-corrected chi connectivity index (χ4v) is 4.96. The van der Waals surface area contributed by atoms with E-state index in [0.29, 0.717) is 5.69 Å². The monoisotopic (exact) mass is 425 g/mol. The van der Waals surface area contributed by atoms with Crippen LogP contribution in [0.1, 0.15) is 28.3 Å². The Hall–Kier alpha value is -2.77. The van der Waals surface area contributed by atoms with Crippen molar-refractivity contribution < 1.29 is 13.2 Å². The predicted octanol–water partition coefficient (Wildman–Crippen LogP) is 5.95. The van der Waals surface area contributed by atoms with Gasteiger partial charge in [-0.2, -0.15) is 13.2 Å². The first-order valence-corrected chi connectivity index (χ1v) is 10.5. The van der Waals surface area contributed by atoms with Crippen molar-refractivity contribution in [3.05, 3.63) is 82.4 Å². The molecule has 0 saturated heterocycles. The number of aromatic nitrogens is 2. The van der Waals surface area contributed by atoms with Crippen LogP contribution in [0.3, 0.4) is 0 Å². The average molecular weight is 425 g/mol. The van der Waals surface area contributed by atoms with Crippen molar-refractivity contribution in [2.75, 3.05) is 13.6 Å². The Morgan fingerprint density at radius 3 is 2.63 bits per heavy atom. The summed E-state index contributed by atoms with van der Waals surface area (Å²) in [5, 5.41) is 10.5. The highest BCUT2D eigenvalue weighted by Gasteiger charge is 2.33. The Kier molecular flexibility index (Phi) is 4.60. The van der Waals surface area contributed by atoms with E-state index in [1.807, 2.05) is 12.1 Å². The molecule has 0 radical (unpaired) electrons. The second kappa shape index (κ2) is 7.18. The van der Waals surface area contributed by atoms with Crippen molar-refractivity contribution in [2.45, 2.75) is 18.6 Å². The zero-order chi connectivity index (χ0) is 20.9. The molecule has 2 aromatic heterocycles. The molecule has 0 N–H and O–H groups in total. The second-order valence-electron chi connectivity index (χ2n) is 7.68. The highest BCUT2D eigenvalue weighted by molar-refractivity contribution is 7.17. The zero-order valence-electron chi connectivity index (χ0n) is 16.1. The van der Waals surface area contributed by atoms with Crippen LogP contribution < -0.4 is 0 Å². The van der Waals surface area contributed by atoms with Gasteiger partial charge in [0.1, 0.15) is 0 Å². The van der Waals surface area contributed by atoms with Crippen LogP contribution in [0.4, 0.5) is 13.2 Å². The van der Waals surface area contributed by atoms with Gasteiger partial charge in [0.15, 0.2) is 5.69 Å². The molecule has 152 valence electrons. The van der Waals surface area contributed by atoms with E-state index in [2.05, 4.69) is 57.9 Å². The summed E-state index contributed by atoms with van der Waals surface area (Å²) >= 11 is 1.74. The van der Waals surface area contributed by atoms with E-state index in [0.717, 1.165) is 24.7 Å². The van der Waals surface area contributed by atoms with Crippen LogP contribution in [0.2, 0.25) is 0 Å². The van der Waals surface area contributed by atoms with Gasteiger partial charge in [-0.25, -0.2) is 0 Å². The molecule has 0 spiro atoms. The van der Waals surface area contributed by atoms with Crippen molar-refractivity contribution in [3.8, 4) is 11.3 Å². The summed E-state index contributed by atoms with van der Waals surface area (Å²) in [5.74, 6) is 0.248. The molecule has 0 fully saturated rings. The standard InChI is InChI=1S/C23H18F3N3S/c1-29-12-17-10-16(20-6-7-22(28-27-20)23(24,25)26)4-5-18(17)19(13-29)15-3-2-14-8-9-30-21(14)11-15/h2-11,19H,12-13H2,1H3. The first kappa shape index (κ1) is 19.2. The summed E-state index contributed by atoms with van der Waals surface area (Å²) in [6.45, 7) is 1.71. The normalized spacial score (nSPS) is 17.3. The third kappa shape index (κ3) is 3.48. The number of benzene rings is 2. The Morgan fingerprint density at radius 1 is 1.00 bits per heavy atom. The van der Waals surface area contributed by atoms with Gasteiger partial charge in [-0.1, -0.05) is 24.3 Å². The smallest absolute Gasteiger partial charge is 0.301 e. The second-order valence-corrected chi connectivity index (χ2v) is 8.63. The number of hydrogen-bond acceptors (Lipinski definition) is 4. The van der Waals surface area contributed by atoms with Crippen LogP contribution in [0.25, 0.3) is 21.3 Å². The van der Waals surface area contributed by atoms with Gasteiger partial charge in [0.05, 0.1) is 5.69 Å². The molecule has 3 nitrogen and oxygen atoms in total. The molecule has 4 aromatic rings. The van der Waals surface area contributed by atoms with Gasteiger partial charge in [0.25, 0.3) is 0 Å². The van der Waals surface area contributed by atoms with Gasteiger partial charge >= 0.3 is 6.18 Å². The van der Waals surface area contributed by atoms with Crippen LogP contribution in [-0.2, 0) is 12.7 Å². The van der Waals surface area contributed by atoms with Gasteiger partial charge in [-0.3, -0.25) is 0 Å². The number of fused-ring (bicyclic) bond motifs is 2. The molecule has 1 aliphatic rings. The predicted molar refractivity (Wildman–Crippen MR) is 112 cm³/mol. The minimum absolute atomic E-state index is 0.248. The summed E-state index contributed by atoms with van der Waals surface area (Å²) in [6, 6.07) is 17.2. The van der Waals surface area contributed by atoms with E-state index in [4.69, 9.17) is 0 Å². The average Bonchev–Trinajstić information content (AvgIpc) is 3.20. The molecule has 3 heterocycles. The van der Waals surface area contributed by atoms with E-state index in [-0.39, 0.29) is 5.92 Å². The quantitative estimate of drug-likeness (QED) is 0.397. The first-order valence-electron chi connectivity index (χ1n) is 9.58. The maximum Gasteiger partial charge on any atom is 0.435 e. The molecule has 5 rings (SSSR count). The lowest BCUT2D eigenvalue weighted by Crippen LogP contribution is -2.31. The molecule has 0 bridgehead atoms. The van der Waals surface area contributed by atoms with Gasteiger partial charge in [-0.05, 0) is 64.8 Å². The fraction of sp³-hybridized carbons (Fsp3) is 0.217. The summed E-state index contributed by atoms with van der Waals surface area (Å²) in [7, 11) is 2.09. The van der Waals surface area contributed by atoms with E-state index in [9.17, 15) is 13.2 Å². The zero-order valence-corrected chi connectivity index (χ0v) is 17.0. The molecular weight excluding hydrogens is 407 g/mol. The SMILES string of the molecule is CN1Cc2cc(-c3ccc(C(F)(F)F)nn3)ccc2C(c2ccc3ccsc3c2)C1. The molecule has 1 unspecified atom stereocenters. The van der Waals surface area contributed by atoms with E-state index in [1.54, 1.807) is 11.3 Å². The summed E-state index contributed by atoms with van der Waals surface area (Å²) in [5.41, 5.74) is 3.94. The van der Waals surface area contributed by atoms with E-state index >= 15 is 0 Å². The minimum Gasteiger partial charge on any atom is -0.301 e. The number of hydrogen-bond donors (Lipinski definition) is 0. The first-order chi connectivity index (χ1) is 14.4. The number of halogens is 3. The van der Waals surface area contributed by atoms with Crippen LogP contribution >= 0.6 is 11.3 Å². The Morgan fingerprint density at radius 2 is 1.87 bits per heavy atom. The van der Waals surface area contributed by atoms with Gasteiger partial charge in [0.2, 0.25) is 0 Å². The largest absolute Gasteiger partial charge is 0.435 e. The number of thiophene rings is 1. The number of nitrogens with zero attached hydrogens (tertiary/aromatic N) is 3. The summed E-state index contributed by atoms with van der Waals surface area (Å²) in [4.78, 5) is 2.27. The van der Waals surface area contributed by atoms with Crippen LogP contribution in [0.15, 0.2) is 60.0 Å². The molecular formula is C23H18F3N3S. The topological polar surface area (TPSA) is 29.0 Å². The lowest BCUT2D eigenvalue weighted by Gasteiger charge is -2.33. The van der Waals surface area contributed by atoms with Crippen molar-refractivity contribution >= 4 is 21.4 Å². The summed E-state index contributed by atoms with van der Waals surface area (Å²) < 4.78 is 39.6. The summed E-state index contributed by atoms with van der Waals surface area (Å²) in [6.07, 6.45) is -4.49. The molecule has 2 aromatic carbocycles. The van der Waals surface area contributed by atoms with Crippen LogP contribution in [0, 0.1) is 0 Å². The van der Waals surface area contributed by atoms with E-state index in [1.165, 1.54) is 32.8 Å². The Balaban J connectivity index is 1.52. The maximum absolute atomic E-state index is 12.8. The molecule has 0 aliphatic carbocycles. The van der Waals surface area contributed by atoms with Gasteiger partial charge in [0, 0.05) is 29.3 Å². The highest BCUT2D eigenvalue weighted by atomic mass is 32.1. The molecule has 1 atom stereocenters. The van der Waals surface area contributed by atoms with Crippen molar-refractivity contribution in [3.63, 3.8) is 0 Å². The third-order valence-electron chi connectivity index (χ3n) is 5.59.